The summed E-state index contributed by atoms with van der Waals surface area (Å²) >= 11 is 3.45. The Morgan fingerprint density at radius 2 is 0.771 bits per heavy atom. The topological polar surface area (TPSA) is 74.8 Å². The number of amides is 4. The van der Waals surface area contributed by atoms with Gasteiger partial charge >= 0.3 is 0 Å². The molecule has 2 heterocycles. The van der Waals surface area contributed by atoms with Crippen molar-refractivity contribution < 1.29 is 23.6 Å². The van der Waals surface area contributed by atoms with Crippen LogP contribution in [0.25, 0.3) is 43.1 Å². The lowest BCUT2D eigenvalue weighted by molar-refractivity contribution is 0.0597. The normalized spacial score (nSPS) is 14.5. The predicted molar refractivity (Wildman–Crippen MR) is 186 cm³/mol. The summed E-state index contributed by atoms with van der Waals surface area (Å²) in [6, 6.07) is 28.6. The first-order chi connectivity index (χ1) is 23.3. The van der Waals surface area contributed by atoms with Gasteiger partial charge in [0.15, 0.2) is 0 Å². The minimum atomic E-state index is -0.367. The highest BCUT2D eigenvalue weighted by Crippen LogP contribution is 2.46. The average Bonchev–Trinajstić information content (AvgIpc) is 3.10. The van der Waals surface area contributed by atoms with E-state index < -0.39 is 0 Å². The van der Waals surface area contributed by atoms with Gasteiger partial charge < -0.3 is 0 Å². The van der Waals surface area contributed by atoms with Crippen molar-refractivity contribution in [2.24, 2.45) is 0 Å². The molecular weight excluding hydrogens is 671 g/mol. The molecule has 0 bridgehead atoms. The minimum Gasteiger partial charge on any atom is -0.274 e. The number of benzene rings is 7. The maximum Gasteiger partial charge on any atom is 0.261 e. The van der Waals surface area contributed by atoms with Gasteiger partial charge in [-0.25, -0.2) is 4.39 Å². The van der Waals surface area contributed by atoms with E-state index in [1.54, 1.807) is 36.4 Å². The van der Waals surface area contributed by atoms with Gasteiger partial charge in [-0.1, -0.05) is 64.5 Å². The van der Waals surface area contributed by atoms with E-state index >= 15 is 0 Å². The highest BCUT2D eigenvalue weighted by atomic mass is 79.9. The monoisotopic (exact) mass is 694 g/mol. The number of hydrogen-bond acceptors (Lipinski definition) is 4. The quantitative estimate of drug-likeness (QED) is 0.0997. The van der Waals surface area contributed by atoms with Gasteiger partial charge in [-0.3, -0.25) is 29.0 Å². The van der Waals surface area contributed by atoms with Gasteiger partial charge in [-0.15, -0.1) is 0 Å². The van der Waals surface area contributed by atoms with Crippen LogP contribution in [0.2, 0.25) is 0 Å². The largest absolute Gasteiger partial charge is 0.274 e. The molecule has 0 radical (unpaired) electrons. The molecule has 0 saturated carbocycles. The summed E-state index contributed by atoms with van der Waals surface area (Å²) in [5.74, 6) is -1.71. The molecule has 0 aliphatic carbocycles. The van der Waals surface area contributed by atoms with Gasteiger partial charge in [0.2, 0.25) is 0 Å². The third-order valence-corrected chi connectivity index (χ3v) is 10.4. The number of carbonyl (C=O) groups excluding carboxylic acids is 4. The van der Waals surface area contributed by atoms with E-state index in [0.29, 0.717) is 45.9 Å². The Hall–Kier alpha value is -5.47. The first kappa shape index (κ1) is 28.7. The molecule has 0 N–H and O–H groups in total. The molecule has 4 amide bonds. The molecule has 0 saturated heterocycles. The molecule has 6 nitrogen and oxygen atoms in total. The molecule has 2 aliphatic rings. The van der Waals surface area contributed by atoms with Crippen LogP contribution in [0.3, 0.4) is 0 Å². The van der Waals surface area contributed by atoms with Crippen molar-refractivity contribution in [3.8, 4) is 0 Å². The van der Waals surface area contributed by atoms with Crippen molar-refractivity contribution in [1.29, 1.82) is 0 Å². The smallest absolute Gasteiger partial charge is 0.261 e. The lowest BCUT2D eigenvalue weighted by atomic mass is 9.82. The number of hydrogen-bond donors (Lipinski definition) is 0. The van der Waals surface area contributed by atoms with Crippen molar-refractivity contribution in [3.05, 3.63) is 141 Å². The van der Waals surface area contributed by atoms with Crippen LogP contribution in [0, 0.1) is 5.82 Å². The number of halogens is 2. The fourth-order valence-corrected chi connectivity index (χ4v) is 7.82. The Kier molecular flexibility index (Phi) is 6.30. The second-order valence-electron chi connectivity index (χ2n) is 12.4. The molecular formula is C40H24BrFN2O4. The predicted octanol–water partition coefficient (Wildman–Crippen LogP) is 8.32. The molecule has 9 rings (SSSR count). The van der Waals surface area contributed by atoms with Crippen molar-refractivity contribution in [2.75, 3.05) is 13.1 Å². The zero-order valence-corrected chi connectivity index (χ0v) is 26.9. The fraction of sp³-hybridized carbons (Fsp3) is 0.100. The Balaban J connectivity index is 1.15. The second kappa shape index (κ2) is 10.5. The van der Waals surface area contributed by atoms with E-state index in [1.165, 1.54) is 21.9 Å². The van der Waals surface area contributed by atoms with Crippen LogP contribution >= 0.6 is 15.9 Å². The van der Waals surface area contributed by atoms with E-state index in [-0.39, 0.29) is 42.5 Å². The van der Waals surface area contributed by atoms with Crippen LogP contribution in [-0.4, -0.2) is 46.5 Å². The van der Waals surface area contributed by atoms with Gasteiger partial charge in [-0.05, 0) is 105 Å². The molecule has 48 heavy (non-hydrogen) atoms. The first-order valence-electron chi connectivity index (χ1n) is 15.7. The minimum absolute atomic E-state index is 0.170. The number of nitrogens with zero attached hydrogens (tertiary/aromatic N) is 2. The third kappa shape index (κ3) is 4.08. The number of rotatable bonds is 6. The zero-order chi connectivity index (χ0) is 32.8. The van der Waals surface area contributed by atoms with E-state index in [1.807, 2.05) is 48.5 Å². The maximum atomic E-state index is 13.9. The van der Waals surface area contributed by atoms with Gasteiger partial charge in [-0.2, -0.15) is 0 Å². The summed E-state index contributed by atoms with van der Waals surface area (Å²) in [5.41, 5.74) is 3.72. The van der Waals surface area contributed by atoms with Crippen LogP contribution in [0.1, 0.15) is 52.6 Å². The molecule has 7 aromatic rings. The summed E-state index contributed by atoms with van der Waals surface area (Å²) in [7, 11) is 0. The molecule has 0 atom stereocenters. The van der Waals surface area contributed by atoms with E-state index in [2.05, 4.69) is 15.9 Å². The molecule has 0 unspecified atom stereocenters. The Morgan fingerprint density at radius 1 is 0.438 bits per heavy atom. The Labute approximate surface area is 281 Å². The summed E-state index contributed by atoms with van der Waals surface area (Å²) in [5, 5.41) is 6.28. The standard InChI is InChI=1S/C40H24BrFN2O4/c41-23-5-1-21(2-6-23)17-19-43-37(45)29-13-9-25-27-11-15-31-36-32(40(48)44(39(31)47)20-18-22-3-7-24(42)8-4-22)16-12-28(34(27)36)26-10-14-30(38(43)46)35(29)33(25)26/h1-16H,17-20H2. The number of fused-ring (bicyclic) bond motifs is 2. The molecule has 2 aliphatic heterocycles. The van der Waals surface area contributed by atoms with Gasteiger partial charge in [0, 0.05) is 50.6 Å². The van der Waals surface area contributed by atoms with Crippen molar-refractivity contribution in [1.82, 2.24) is 9.80 Å². The van der Waals surface area contributed by atoms with Crippen LogP contribution in [0.5, 0.6) is 0 Å². The summed E-state index contributed by atoms with van der Waals surface area (Å²) in [6.45, 7) is 0.435. The number of imide groups is 2. The van der Waals surface area contributed by atoms with E-state index in [0.717, 1.165) is 47.9 Å². The summed E-state index contributed by atoms with van der Waals surface area (Å²) in [6.07, 6.45) is 0.950. The molecule has 8 heteroatoms. The zero-order valence-electron chi connectivity index (χ0n) is 25.3. The van der Waals surface area contributed by atoms with Crippen molar-refractivity contribution in [2.45, 2.75) is 12.8 Å². The average molecular weight is 696 g/mol. The van der Waals surface area contributed by atoms with Crippen LogP contribution in [-0.2, 0) is 12.8 Å². The molecule has 0 aromatic heterocycles. The SMILES string of the molecule is O=C1c2ccc3c4ccc5c6c(ccc(c7ccc(c2c37)C(=O)N1CCc1ccc(F)cc1)c64)C(=O)N(CCc1ccc(Br)cc1)C5=O. The van der Waals surface area contributed by atoms with Crippen molar-refractivity contribution >= 4 is 82.6 Å². The molecule has 232 valence electrons. The highest BCUT2D eigenvalue weighted by Gasteiger charge is 2.36. The summed E-state index contributed by atoms with van der Waals surface area (Å²) < 4.78 is 14.4. The molecule has 0 spiro atoms. The second-order valence-corrected chi connectivity index (χ2v) is 13.3. The lowest BCUT2D eigenvalue weighted by Gasteiger charge is -2.30. The van der Waals surface area contributed by atoms with Crippen LogP contribution in [0.4, 0.5) is 4.39 Å². The fourth-order valence-electron chi connectivity index (χ4n) is 7.56. The first-order valence-corrected chi connectivity index (χ1v) is 16.5. The highest BCUT2D eigenvalue weighted by molar-refractivity contribution is 9.10. The van der Waals surface area contributed by atoms with Gasteiger partial charge in [0.1, 0.15) is 5.82 Å². The molecule has 0 fully saturated rings. The van der Waals surface area contributed by atoms with E-state index in [4.69, 9.17) is 0 Å². The molecule has 7 aromatic carbocycles. The third-order valence-electron chi connectivity index (χ3n) is 9.88. The van der Waals surface area contributed by atoms with Crippen molar-refractivity contribution in [3.63, 3.8) is 0 Å². The van der Waals surface area contributed by atoms with E-state index in [9.17, 15) is 23.6 Å². The summed E-state index contributed by atoms with van der Waals surface area (Å²) in [4.78, 5) is 57.9. The maximum absolute atomic E-state index is 13.9. The van der Waals surface area contributed by atoms with Gasteiger partial charge in [0.25, 0.3) is 23.6 Å². The van der Waals surface area contributed by atoms with Crippen LogP contribution in [0.15, 0.2) is 102 Å². The van der Waals surface area contributed by atoms with Crippen LogP contribution < -0.4 is 0 Å². The van der Waals surface area contributed by atoms with Gasteiger partial charge in [0.05, 0.1) is 0 Å². The Bertz CT molecular complexity index is 2260. The lowest BCUT2D eigenvalue weighted by Crippen LogP contribution is -2.41. The number of carbonyl (C=O) groups is 4. The Morgan fingerprint density at radius 3 is 1.12 bits per heavy atom.